The molecule has 1 atom stereocenters. The summed E-state index contributed by atoms with van der Waals surface area (Å²) in [6.45, 7) is 2.01. The molecule has 2 aromatic rings. The van der Waals surface area contributed by atoms with Crippen molar-refractivity contribution in [2.45, 2.75) is 19.8 Å². The van der Waals surface area contributed by atoms with Crippen molar-refractivity contribution in [1.82, 2.24) is 4.98 Å². The van der Waals surface area contributed by atoms with Crippen LogP contribution in [-0.4, -0.2) is 16.1 Å². The van der Waals surface area contributed by atoms with Crippen molar-refractivity contribution in [2.24, 2.45) is 5.92 Å². The van der Waals surface area contributed by atoms with Gasteiger partial charge in [-0.1, -0.05) is 41.4 Å². The predicted octanol–water partition coefficient (Wildman–Crippen LogP) is 3.53. The molecule has 0 bridgehead atoms. The van der Waals surface area contributed by atoms with E-state index in [4.69, 9.17) is 11.6 Å². The van der Waals surface area contributed by atoms with E-state index in [0.717, 1.165) is 11.1 Å². The fourth-order valence-electron chi connectivity index (χ4n) is 2.11. The normalized spacial score (nSPS) is 12.1. The van der Waals surface area contributed by atoms with Crippen molar-refractivity contribution in [2.75, 3.05) is 0 Å². The zero-order valence-corrected chi connectivity index (χ0v) is 12.0. The summed E-state index contributed by atoms with van der Waals surface area (Å²) in [5, 5.41) is 9.76. The number of carboxylic acids is 1. The maximum atomic E-state index is 11.4. The third-order valence-electron chi connectivity index (χ3n) is 3.23. The van der Waals surface area contributed by atoms with Crippen molar-refractivity contribution >= 4 is 17.6 Å². The summed E-state index contributed by atoms with van der Waals surface area (Å²) < 4.78 is 0. The number of aliphatic carboxylic acids is 1. The summed E-state index contributed by atoms with van der Waals surface area (Å²) in [5.74, 6) is -1.25. The standard InChI is InChI=1S/C16H16ClNO2/c1-11-2-4-12(5-3-11)8-14(16(19)20)9-13-6-7-18-15(17)10-13/h2-7,10,14H,8-9H2,1H3,(H,19,20). The lowest BCUT2D eigenvalue weighted by Crippen LogP contribution is -2.19. The molecule has 1 N–H and O–H groups in total. The van der Waals surface area contributed by atoms with Gasteiger partial charge >= 0.3 is 5.97 Å². The van der Waals surface area contributed by atoms with Crippen LogP contribution in [0.25, 0.3) is 0 Å². The number of benzene rings is 1. The summed E-state index contributed by atoms with van der Waals surface area (Å²) in [6, 6.07) is 11.5. The molecule has 1 aromatic carbocycles. The highest BCUT2D eigenvalue weighted by molar-refractivity contribution is 6.29. The SMILES string of the molecule is Cc1ccc(CC(Cc2ccnc(Cl)c2)C(=O)O)cc1. The average molecular weight is 290 g/mol. The monoisotopic (exact) mass is 289 g/mol. The van der Waals surface area contributed by atoms with Crippen LogP contribution in [0.1, 0.15) is 16.7 Å². The molecule has 3 nitrogen and oxygen atoms in total. The second-order valence-electron chi connectivity index (χ2n) is 4.92. The Morgan fingerprint density at radius 2 is 1.85 bits per heavy atom. The molecule has 20 heavy (non-hydrogen) atoms. The smallest absolute Gasteiger partial charge is 0.307 e. The van der Waals surface area contributed by atoms with Crippen LogP contribution in [-0.2, 0) is 17.6 Å². The quantitative estimate of drug-likeness (QED) is 0.857. The van der Waals surface area contributed by atoms with E-state index in [2.05, 4.69) is 4.98 Å². The van der Waals surface area contributed by atoms with Crippen molar-refractivity contribution in [3.05, 3.63) is 64.4 Å². The summed E-state index contributed by atoms with van der Waals surface area (Å²) >= 11 is 5.83. The number of carboxylic acid groups (broad SMARTS) is 1. The van der Waals surface area contributed by atoms with Crippen molar-refractivity contribution in [1.29, 1.82) is 0 Å². The number of aryl methyl sites for hydroxylation is 1. The van der Waals surface area contributed by atoms with E-state index >= 15 is 0 Å². The summed E-state index contributed by atoms with van der Waals surface area (Å²) in [6.07, 6.45) is 2.56. The maximum absolute atomic E-state index is 11.4. The molecule has 0 aliphatic heterocycles. The minimum Gasteiger partial charge on any atom is -0.481 e. The van der Waals surface area contributed by atoms with E-state index in [1.54, 1.807) is 18.3 Å². The van der Waals surface area contributed by atoms with Crippen LogP contribution in [0.3, 0.4) is 0 Å². The van der Waals surface area contributed by atoms with E-state index in [1.807, 2.05) is 31.2 Å². The van der Waals surface area contributed by atoms with Gasteiger partial charge in [0.05, 0.1) is 5.92 Å². The van der Waals surface area contributed by atoms with Gasteiger partial charge in [0.1, 0.15) is 5.15 Å². The second kappa shape index (κ2) is 6.53. The summed E-state index contributed by atoms with van der Waals surface area (Å²) in [7, 11) is 0. The summed E-state index contributed by atoms with van der Waals surface area (Å²) in [5.41, 5.74) is 3.09. The highest BCUT2D eigenvalue weighted by Crippen LogP contribution is 2.17. The number of pyridine rings is 1. The third kappa shape index (κ3) is 4.07. The molecule has 0 aliphatic carbocycles. The first-order chi connectivity index (χ1) is 9.54. The Morgan fingerprint density at radius 1 is 1.20 bits per heavy atom. The topological polar surface area (TPSA) is 50.2 Å². The molecule has 104 valence electrons. The molecule has 1 aromatic heterocycles. The molecule has 0 amide bonds. The Balaban J connectivity index is 2.11. The van der Waals surface area contributed by atoms with E-state index in [1.165, 1.54) is 5.56 Å². The molecular weight excluding hydrogens is 274 g/mol. The highest BCUT2D eigenvalue weighted by atomic mass is 35.5. The molecule has 0 saturated carbocycles. The first kappa shape index (κ1) is 14.5. The van der Waals surface area contributed by atoms with Crippen LogP contribution in [0.15, 0.2) is 42.6 Å². The second-order valence-corrected chi connectivity index (χ2v) is 5.30. The van der Waals surface area contributed by atoms with Gasteiger partial charge in [0.15, 0.2) is 0 Å². The number of rotatable bonds is 5. The molecule has 0 saturated heterocycles. The van der Waals surface area contributed by atoms with E-state index < -0.39 is 11.9 Å². The predicted molar refractivity (Wildman–Crippen MR) is 79.0 cm³/mol. The van der Waals surface area contributed by atoms with Gasteiger partial charge in [-0.3, -0.25) is 4.79 Å². The first-order valence-corrected chi connectivity index (χ1v) is 6.81. The molecular formula is C16H16ClNO2. The van der Waals surface area contributed by atoms with Crippen molar-refractivity contribution < 1.29 is 9.90 Å². The van der Waals surface area contributed by atoms with Gasteiger partial charge in [-0.2, -0.15) is 0 Å². The van der Waals surface area contributed by atoms with E-state index in [-0.39, 0.29) is 0 Å². The molecule has 0 aliphatic rings. The number of nitrogens with zero attached hydrogens (tertiary/aromatic N) is 1. The van der Waals surface area contributed by atoms with Crippen molar-refractivity contribution in [3.8, 4) is 0 Å². The Labute approximate surface area is 123 Å². The van der Waals surface area contributed by atoms with Gasteiger partial charge in [0.2, 0.25) is 0 Å². The number of aromatic nitrogens is 1. The number of hydrogen-bond donors (Lipinski definition) is 1. The minimum absolute atomic E-state index is 0.391. The molecule has 0 spiro atoms. The largest absolute Gasteiger partial charge is 0.481 e. The molecule has 1 heterocycles. The van der Waals surface area contributed by atoms with Crippen LogP contribution in [0.4, 0.5) is 0 Å². The molecule has 1 unspecified atom stereocenters. The lowest BCUT2D eigenvalue weighted by molar-refractivity contribution is -0.141. The van der Waals surface area contributed by atoms with E-state index in [0.29, 0.717) is 18.0 Å². The van der Waals surface area contributed by atoms with Gasteiger partial charge in [-0.05, 0) is 43.0 Å². The fraction of sp³-hybridized carbons (Fsp3) is 0.250. The average Bonchev–Trinajstić information content (AvgIpc) is 2.40. The van der Waals surface area contributed by atoms with Gasteiger partial charge in [0, 0.05) is 6.20 Å². The lowest BCUT2D eigenvalue weighted by Gasteiger charge is -2.13. The maximum Gasteiger partial charge on any atom is 0.307 e. The van der Waals surface area contributed by atoms with Crippen LogP contribution in [0, 0.1) is 12.8 Å². The van der Waals surface area contributed by atoms with Crippen LogP contribution >= 0.6 is 11.6 Å². The Morgan fingerprint density at radius 3 is 2.45 bits per heavy atom. The van der Waals surface area contributed by atoms with Crippen LogP contribution < -0.4 is 0 Å². The lowest BCUT2D eigenvalue weighted by atomic mass is 9.93. The zero-order chi connectivity index (χ0) is 14.5. The Bertz CT molecular complexity index is 596. The third-order valence-corrected chi connectivity index (χ3v) is 3.43. The van der Waals surface area contributed by atoms with E-state index in [9.17, 15) is 9.90 Å². The first-order valence-electron chi connectivity index (χ1n) is 6.43. The number of hydrogen-bond acceptors (Lipinski definition) is 2. The van der Waals surface area contributed by atoms with Crippen LogP contribution in [0.2, 0.25) is 5.15 Å². The van der Waals surface area contributed by atoms with Gasteiger partial charge in [-0.15, -0.1) is 0 Å². The Kier molecular flexibility index (Phi) is 4.74. The molecule has 0 fully saturated rings. The van der Waals surface area contributed by atoms with Gasteiger partial charge in [-0.25, -0.2) is 4.98 Å². The van der Waals surface area contributed by atoms with Crippen molar-refractivity contribution in [3.63, 3.8) is 0 Å². The number of halogens is 1. The van der Waals surface area contributed by atoms with Crippen LogP contribution in [0.5, 0.6) is 0 Å². The fourth-order valence-corrected chi connectivity index (χ4v) is 2.31. The Hall–Kier alpha value is -1.87. The molecule has 4 heteroatoms. The molecule has 2 rings (SSSR count). The highest BCUT2D eigenvalue weighted by Gasteiger charge is 2.18. The van der Waals surface area contributed by atoms with Gasteiger partial charge in [0.25, 0.3) is 0 Å². The number of carbonyl (C=O) groups is 1. The zero-order valence-electron chi connectivity index (χ0n) is 11.2. The molecule has 0 radical (unpaired) electrons. The summed E-state index contributed by atoms with van der Waals surface area (Å²) in [4.78, 5) is 15.3. The minimum atomic E-state index is -0.793. The van der Waals surface area contributed by atoms with Gasteiger partial charge < -0.3 is 5.11 Å².